The first-order chi connectivity index (χ1) is 17.3. The van der Waals surface area contributed by atoms with Crippen molar-refractivity contribution in [2.75, 3.05) is 29.9 Å². The molecule has 8 nitrogen and oxygen atoms in total. The molecular weight excluding hydrogens is 513 g/mol. The average molecular weight is 544 g/mol. The van der Waals surface area contributed by atoms with Crippen LogP contribution in [0.4, 0.5) is 11.4 Å². The molecule has 0 saturated carbocycles. The summed E-state index contributed by atoms with van der Waals surface area (Å²) in [6.45, 7) is 8.03. The van der Waals surface area contributed by atoms with E-state index in [1.807, 2.05) is 13.0 Å². The van der Waals surface area contributed by atoms with Crippen molar-refractivity contribution in [2.45, 2.75) is 39.1 Å². The van der Waals surface area contributed by atoms with Gasteiger partial charge in [-0.3, -0.25) is 4.79 Å². The summed E-state index contributed by atoms with van der Waals surface area (Å²) in [5, 5.41) is 14.4. The Bertz CT molecular complexity index is 1440. The van der Waals surface area contributed by atoms with Gasteiger partial charge in [-0.25, -0.2) is 4.98 Å². The number of H-pyrrole nitrogens is 2. The second-order valence-corrected chi connectivity index (χ2v) is 9.89. The molecule has 0 unspecified atom stereocenters. The van der Waals surface area contributed by atoms with E-state index in [1.165, 1.54) is 0 Å². The minimum Gasteiger partial charge on any atom is -0.387 e. The smallest absolute Gasteiger partial charge is 0.261 e. The molecule has 0 spiro atoms. The van der Waals surface area contributed by atoms with Crippen molar-refractivity contribution >= 4 is 46.4 Å². The number of anilines is 2. The molecule has 5 rings (SSSR count). The predicted molar refractivity (Wildman–Crippen MR) is 151 cm³/mol. The molecule has 3 heterocycles. The van der Waals surface area contributed by atoms with E-state index in [9.17, 15) is 9.90 Å². The number of imidazole rings is 1. The first-order valence-electron chi connectivity index (χ1n) is 12.1. The van der Waals surface area contributed by atoms with Crippen LogP contribution in [-0.4, -0.2) is 51.9 Å². The number of aryl methyl sites for hydroxylation is 1. The average Bonchev–Trinajstić information content (AvgIpc) is 3.26. The van der Waals surface area contributed by atoms with E-state index in [-0.39, 0.29) is 36.7 Å². The number of nitrogens with one attached hydrogen (secondary N) is 3. The highest BCUT2D eigenvalue weighted by molar-refractivity contribution is 6.30. The summed E-state index contributed by atoms with van der Waals surface area (Å²) in [6, 6.07) is 13.1. The van der Waals surface area contributed by atoms with Gasteiger partial charge in [0, 0.05) is 36.5 Å². The van der Waals surface area contributed by atoms with Crippen molar-refractivity contribution in [3.63, 3.8) is 0 Å². The molecule has 4 aromatic rings. The van der Waals surface area contributed by atoms with Gasteiger partial charge >= 0.3 is 0 Å². The van der Waals surface area contributed by atoms with Gasteiger partial charge in [0.15, 0.2) is 0 Å². The third kappa shape index (κ3) is 5.78. The molecule has 1 aliphatic heterocycles. The third-order valence-electron chi connectivity index (χ3n) is 6.46. The zero-order chi connectivity index (χ0) is 25.4. The van der Waals surface area contributed by atoms with Crippen LogP contribution < -0.4 is 15.8 Å². The minimum absolute atomic E-state index is 0. The molecule has 196 valence electrons. The SMILES string of the molecule is Cc1cc(N2C[C@@H](C)O[C@@H](C)C2)cc2[nH]c(-c3c(NC[C@@H](O)c4cccc(Cl)c4)cc[nH]c3=O)nc12.Cl. The van der Waals surface area contributed by atoms with Crippen molar-refractivity contribution in [1.82, 2.24) is 15.0 Å². The van der Waals surface area contributed by atoms with Crippen LogP contribution in [0.2, 0.25) is 5.02 Å². The third-order valence-corrected chi connectivity index (χ3v) is 6.70. The van der Waals surface area contributed by atoms with E-state index in [0.717, 1.165) is 35.4 Å². The molecule has 1 fully saturated rings. The van der Waals surface area contributed by atoms with E-state index in [4.69, 9.17) is 21.3 Å². The maximum absolute atomic E-state index is 12.9. The van der Waals surface area contributed by atoms with Crippen molar-refractivity contribution in [2.24, 2.45) is 0 Å². The van der Waals surface area contributed by atoms with Crippen LogP contribution in [0.3, 0.4) is 0 Å². The van der Waals surface area contributed by atoms with Crippen molar-refractivity contribution < 1.29 is 9.84 Å². The standard InChI is InChI=1S/C27H30ClN5O3.ClH/c1-15-9-20(33-13-16(2)36-17(3)14-33)11-22-25(15)32-26(31-22)24-21(7-8-29-27(24)35)30-12-23(34)18-5-4-6-19(28)10-18;/h4-11,16-17,23,34H,12-14H2,1-3H3,(H,31,32)(H2,29,30,35);1H/t16-,17+,23-;/m1./s1. The summed E-state index contributed by atoms with van der Waals surface area (Å²) < 4.78 is 5.89. The van der Waals surface area contributed by atoms with Crippen LogP contribution in [0.1, 0.15) is 31.1 Å². The number of hydrogen-bond acceptors (Lipinski definition) is 6. The zero-order valence-corrected chi connectivity index (χ0v) is 22.5. The number of morpholine rings is 1. The van der Waals surface area contributed by atoms with Crippen LogP contribution in [0.15, 0.2) is 53.5 Å². The quantitative estimate of drug-likeness (QED) is 0.271. The lowest BCUT2D eigenvalue weighted by atomic mass is 10.1. The number of hydrogen-bond donors (Lipinski definition) is 4. The Kier molecular flexibility index (Phi) is 8.14. The van der Waals surface area contributed by atoms with Gasteiger partial charge in [0.1, 0.15) is 11.4 Å². The Balaban J connectivity index is 0.00000320. The van der Waals surface area contributed by atoms with Crippen LogP contribution in [0, 0.1) is 6.92 Å². The lowest BCUT2D eigenvalue weighted by Crippen LogP contribution is -2.45. The number of nitrogens with zero attached hydrogens (tertiary/aromatic N) is 2. The lowest BCUT2D eigenvalue weighted by molar-refractivity contribution is -0.00521. The highest BCUT2D eigenvalue weighted by atomic mass is 35.5. The number of fused-ring (bicyclic) bond motifs is 1. The van der Waals surface area contributed by atoms with Gasteiger partial charge in [-0.2, -0.15) is 0 Å². The second-order valence-electron chi connectivity index (χ2n) is 9.45. The lowest BCUT2D eigenvalue weighted by Gasteiger charge is -2.37. The Morgan fingerprint density at radius 3 is 2.70 bits per heavy atom. The molecule has 3 atom stereocenters. The number of aliphatic hydroxyl groups excluding tert-OH is 1. The fourth-order valence-corrected chi connectivity index (χ4v) is 5.06. The summed E-state index contributed by atoms with van der Waals surface area (Å²) in [4.78, 5) is 26.1. The molecule has 37 heavy (non-hydrogen) atoms. The Hall–Kier alpha value is -3.04. The number of ether oxygens (including phenoxy) is 1. The number of benzene rings is 2. The van der Waals surface area contributed by atoms with Gasteiger partial charge in [-0.1, -0.05) is 23.7 Å². The van der Waals surface area contributed by atoms with E-state index >= 15 is 0 Å². The molecular formula is C27H31Cl2N5O3. The van der Waals surface area contributed by atoms with Gasteiger partial charge in [0.05, 0.1) is 35.0 Å². The molecule has 1 saturated heterocycles. The van der Waals surface area contributed by atoms with Crippen LogP contribution >= 0.6 is 24.0 Å². The highest BCUT2D eigenvalue weighted by Crippen LogP contribution is 2.30. The highest BCUT2D eigenvalue weighted by Gasteiger charge is 2.24. The molecule has 2 aromatic carbocycles. The van der Waals surface area contributed by atoms with E-state index < -0.39 is 6.10 Å². The van der Waals surface area contributed by atoms with E-state index in [1.54, 1.807) is 30.5 Å². The first kappa shape index (κ1) is 27.0. The summed E-state index contributed by atoms with van der Waals surface area (Å²) in [6.07, 6.45) is 1.09. The summed E-state index contributed by atoms with van der Waals surface area (Å²) in [5.41, 5.74) is 5.19. The molecule has 0 bridgehead atoms. The fraction of sp³-hybridized carbons (Fsp3) is 0.333. The van der Waals surface area contributed by atoms with E-state index in [0.29, 0.717) is 27.7 Å². The predicted octanol–water partition coefficient (Wildman–Crippen LogP) is 5.06. The Morgan fingerprint density at radius 1 is 1.22 bits per heavy atom. The van der Waals surface area contributed by atoms with Crippen molar-refractivity contribution in [1.29, 1.82) is 0 Å². The first-order valence-corrected chi connectivity index (χ1v) is 12.5. The summed E-state index contributed by atoms with van der Waals surface area (Å²) >= 11 is 6.06. The monoisotopic (exact) mass is 543 g/mol. The molecule has 1 aliphatic rings. The largest absolute Gasteiger partial charge is 0.387 e. The van der Waals surface area contributed by atoms with Crippen LogP contribution in [0.5, 0.6) is 0 Å². The van der Waals surface area contributed by atoms with Gasteiger partial charge in [0.25, 0.3) is 5.56 Å². The zero-order valence-electron chi connectivity index (χ0n) is 20.9. The fourth-order valence-electron chi connectivity index (χ4n) is 4.86. The molecule has 4 N–H and O–H groups in total. The van der Waals surface area contributed by atoms with E-state index in [2.05, 4.69) is 46.2 Å². The van der Waals surface area contributed by atoms with Gasteiger partial charge in [0.2, 0.25) is 0 Å². The Morgan fingerprint density at radius 2 is 1.97 bits per heavy atom. The second kappa shape index (κ2) is 11.1. The van der Waals surface area contributed by atoms with Crippen molar-refractivity contribution in [3.8, 4) is 11.4 Å². The van der Waals surface area contributed by atoms with Gasteiger partial charge in [-0.05, 0) is 62.2 Å². The molecule has 0 radical (unpaired) electrons. The maximum atomic E-state index is 12.9. The van der Waals surface area contributed by atoms with Crippen LogP contribution in [-0.2, 0) is 4.74 Å². The molecule has 0 aliphatic carbocycles. The number of aromatic nitrogens is 3. The minimum atomic E-state index is -0.797. The number of aliphatic hydroxyl groups is 1. The molecule has 10 heteroatoms. The van der Waals surface area contributed by atoms with Gasteiger partial charge < -0.3 is 30.0 Å². The summed E-state index contributed by atoms with van der Waals surface area (Å²) in [5.74, 6) is 0.468. The Labute approximate surface area is 226 Å². The normalized spacial score (nSPS) is 18.5. The number of rotatable bonds is 6. The van der Waals surface area contributed by atoms with Crippen LogP contribution in [0.25, 0.3) is 22.4 Å². The molecule has 0 amide bonds. The topological polar surface area (TPSA) is 106 Å². The maximum Gasteiger partial charge on any atom is 0.261 e. The molecule has 2 aromatic heterocycles. The number of aromatic amines is 2. The van der Waals surface area contributed by atoms with Gasteiger partial charge in [-0.15, -0.1) is 12.4 Å². The summed E-state index contributed by atoms with van der Waals surface area (Å²) in [7, 11) is 0. The number of halogens is 2. The number of pyridine rings is 1. The van der Waals surface area contributed by atoms with Crippen molar-refractivity contribution in [3.05, 3.63) is 75.2 Å².